The van der Waals surface area contributed by atoms with Crippen LogP contribution in [0.1, 0.15) is 10.4 Å². The normalized spacial score (nSPS) is 10.3. The van der Waals surface area contributed by atoms with Crippen molar-refractivity contribution in [2.24, 2.45) is 0 Å². The van der Waals surface area contributed by atoms with Crippen LogP contribution in [0.3, 0.4) is 0 Å². The van der Waals surface area contributed by atoms with E-state index in [9.17, 15) is 9.90 Å². The maximum atomic E-state index is 11.2. The minimum absolute atomic E-state index is 0.295. The summed E-state index contributed by atoms with van der Waals surface area (Å²) in [5.41, 5.74) is 0.295. The van der Waals surface area contributed by atoms with Crippen LogP contribution in [0.2, 0.25) is 0 Å². The first-order valence-corrected chi connectivity index (χ1v) is 7.25. The Morgan fingerprint density at radius 3 is 2.61 bits per heavy atom. The zero-order valence-electron chi connectivity index (χ0n) is 9.66. The SMILES string of the molecule is CSc1cc(C(=O)O)c(Sc2ccccc2)cn1. The summed E-state index contributed by atoms with van der Waals surface area (Å²) in [7, 11) is 0. The third kappa shape index (κ3) is 3.05. The molecule has 0 spiro atoms. The molecule has 3 nitrogen and oxygen atoms in total. The van der Waals surface area contributed by atoms with E-state index in [0.29, 0.717) is 15.5 Å². The molecule has 1 aromatic carbocycles. The number of nitrogens with zero attached hydrogens (tertiary/aromatic N) is 1. The highest BCUT2D eigenvalue weighted by molar-refractivity contribution is 7.99. The molecule has 92 valence electrons. The van der Waals surface area contributed by atoms with Gasteiger partial charge in [0.15, 0.2) is 0 Å². The van der Waals surface area contributed by atoms with Gasteiger partial charge in [-0.1, -0.05) is 30.0 Å². The Kier molecular flexibility index (Phi) is 4.28. The minimum atomic E-state index is -0.925. The van der Waals surface area contributed by atoms with Gasteiger partial charge in [-0.15, -0.1) is 11.8 Å². The van der Waals surface area contributed by atoms with Crippen LogP contribution in [0, 0.1) is 0 Å². The second-order valence-electron chi connectivity index (χ2n) is 3.44. The molecule has 0 saturated heterocycles. The lowest BCUT2D eigenvalue weighted by Gasteiger charge is -2.06. The minimum Gasteiger partial charge on any atom is -0.478 e. The molecule has 0 fully saturated rings. The first-order valence-electron chi connectivity index (χ1n) is 5.21. The van der Waals surface area contributed by atoms with Crippen LogP contribution < -0.4 is 0 Å². The van der Waals surface area contributed by atoms with Gasteiger partial charge in [-0.05, 0) is 24.5 Å². The van der Waals surface area contributed by atoms with Crippen molar-refractivity contribution in [3.8, 4) is 0 Å². The molecule has 2 aromatic rings. The fraction of sp³-hybridized carbons (Fsp3) is 0.0769. The predicted molar refractivity (Wildman–Crippen MR) is 73.5 cm³/mol. The zero-order chi connectivity index (χ0) is 13.0. The van der Waals surface area contributed by atoms with Gasteiger partial charge in [-0.25, -0.2) is 9.78 Å². The van der Waals surface area contributed by atoms with Crippen molar-refractivity contribution in [2.45, 2.75) is 14.8 Å². The number of thioether (sulfide) groups is 1. The van der Waals surface area contributed by atoms with Crippen molar-refractivity contribution >= 4 is 29.5 Å². The quantitative estimate of drug-likeness (QED) is 0.864. The molecule has 0 atom stereocenters. The number of hydrogen-bond acceptors (Lipinski definition) is 4. The highest BCUT2D eigenvalue weighted by Crippen LogP contribution is 2.31. The van der Waals surface area contributed by atoms with Gasteiger partial charge in [0.05, 0.1) is 10.6 Å². The predicted octanol–water partition coefficient (Wildman–Crippen LogP) is 3.65. The van der Waals surface area contributed by atoms with Gasteiger partial charge >= 0.3 is 5.97 Å². The number of rotatable bonds is 4. The Morgan fingerprint density at radius 2 is 2.00 bits per heavy atom. The first kappa shape index (κ1) is 13.0. The Labute approximate surface area is 114 Å². The standard InChI is InChI=1S/C13H11NO2S2/c1-17-12-7-10(13(15)16)11(8-14-12)18-9-5-3-2-4-6-9/h2-8H,1H3,(H,15,16). The van der Waals surface area contributed by atoms with E-state index < -0.39 is 5.97 Å². The van der Waals surface area contributed by atoms with E-state index in [4.69, 9.17) is 0 Å². The van der Waals surface area contributed by atoms with Crippen LogP contribution >= 0.6 is 23.5 Å². The van der Waals surface area contributed by atoms with E-state index >= 15 is 0 Å². The van der Waals surface area contributed by atoms with Gasteiger partial charge in [0, 0.05) is 16.0 Å². The van der Waals surface area contributed by atoms with Gasteiger partial charge in [-0.3, -0.25) is 0 Å². The van der Waals surface area contributed by atoms with E-state index in [2.05, 4.69) is 4.98 Å². The Bertz CT molecular complexity index is 558. The molecule has 0 saturated carbocycles. The number of carboxylic acids is 1. The molecule has 18 heavy (non-hydrogen) atoms. The van der Waals surface area contributed by atoms with Crippen LogP contribution in [0.25, 0.3) is 0 Å². The summed E-state index contributed by atoms with van der Waals surface area (Å²) in [6.07, 6.45) is 3.49. The van der Waals surface area contributed by atoms with Gasteiger partial charge in [0.1, 0.15) is 0 Å². The largest absolute Gasteiger partial charge is 0.478 e. The van der Waals surface area contributed by atoms with Crippen molar-refractivity contribution < 1.29 is 9.90 Å². The second kappa shape index (κ2) is 5.93. The van der Waals surface area contributed by atoms with Gasteiger partial charge < -0.3 is 5.11 Å². The summed E-state index contributed by atoms with van der Waals surface area (Å²) < 4.78 is 0. The lowest BCUT2D eigenvalue weighted by Crippen LogP contribution is -2.00. The van der Waals surface area contributed by atoms with Crippen LogP contribution in [0.15, 0.2) is 57.4 Å². The van der Waals surface area contributed by atoms with E-state index in [1.54, 1.807) is 12.3 Å². The van der Waals surface area contributed by atoms with Crippen molar-refractivity contribution in [2.75, 3.05) is 6.26 Å². The number of benzene rings is 1. The fourth-order valence-electron chi connectivity index (χ4n) is 1.40. The lowest BCUT2D eigenvalue weighted by atomic mass is 10.3. The number of aromatic carboxylic acids is 1. The maximum Gasteiger partial charge on any atom is 0.336 e. The number of carbonyl (C=O) groups is 1. The summed E-state index contributed by atoms with van der Waals surface area (Å²) in [5, 5.41) is 9.93. The molecule has 1 heterocycles. The number of hydrogen-bond donors (Lipinski definition) is 1. The van der Waals surface area contributed by atoms with Crippen LogP contribution in [-0.2, 0) is 0 Å². The molecular weight excluding hydrogens is 266 g/mol. The molecule has 0 aliphatic rings. The van der Waals surface area contributed by atoms with Crippen molar-refractivity contribution in [3.05, 3.63) is 48.2 Å². The summed E-state index contributed by atoms with van der Waals surface area (Å²) in [6.45, 7) is 0. The fourth-order valence-corrected chi connectivity index (χ4v) is 2.70. The van der Waals surface area contributed by atoms with Crippen LogP contribution in [-0.4, -0.2) is 22.3 Å². The molecule has 0 amide bonds. The van der Waals surface area contributed by atoms with E-state index in [1.807, 2.05) is 36.6 Å². The molecule has 1 N–H and O–H groups in total. The van der Waals surface area contributed by atoms with Crippen LogP contribution in [0.4, 0.5) is 0 Å². The van der Waals surface area contributed by atoms with E-state index in [1.165, 1.54) is 23.5 Å². The average molecular weight is 277 g/mol. The molecule has 1 aromatic heterocycles. The molecule has 0 aliphatic carbocycles. The Hall–Kier alpha value is -1.46. The van der Waals surface area contributed by atoms with E-state index in [0.717, 1.165) is 4.90 Å². The number of carboxylic acid groups (broad SMARTS) is 1. The van der Waals surface area contributed by atoms with E-state index in [-0.39, 0.29) is 0 Å². The molecule has 2 rings (SSSR count). The smallest absolute Gasteiger partial charge is 0.336 e. The number of pyridine rings is 1. The molecule has 0 unspecified atom stereocenters. The second-order valence-corrected chi connectivity index (χ2v) is 5.38. The maximum absolute atomic E-state index is 11.2. The molecule has 0 bridgehead atoms. The Morgan fingerprint density at radius 1 is 1.28 bits per heavy atom. The summed E-state index contributed by atoms with van der Waals surface area (Å²) in [5.74, 6) is -0.925. The summed E-state index contributed by atoms with van der Waals surface area (Å²) in [6, 6.07) is 11.3. The van der Waals surface area contributed by atoms with Gasteiger partial charge in [0.25, 0.3) is 0 Å². The third-order valence-corrected chi connectivity index (χ3v) is 3.95. The molecule has 0 radical (unpaired) electrons. The monoisotopic (exact) mass is 277 g/mol. The molecular formula is C13H11NO2S2. The first-order chi connectivity index (χ1) is 8.70. The molecule has 0 aliphatic heterocycles. The summed E-state index contributed by atoms with van der Waals surface area (Å²) in [4.78, 5) is 17.1. The van der Waals surface area contributed by atoms with Crippen molar-refractivity contribution in [1.29, 1.82) is 0 Å². The molecule has 5 heteroatoms. The highest BCUT2D eigenvalue weighted by atomic mass is 32.2. The van der Waals surface area contributed by atoms with Crippen LogP contribution in [0.5, 0.6) is 0 Å². The van der Waals surface area contributed by atoms with Crippen molar-refractivity contribution in [1.82, 2.24) is 4.98 Å². The average Bonchev–Trinajstić information content (AvgIpc) is 2.40. The van der Waals surface area contributed by atoms with Crippen molar-refractivity contribution in [3.63, 3.8) is 0 Å². The van der Waals surface area contributed by atoms with Gasteiger partial charge in [0.2, 0.25) is 0 Å². The third-order valence-electron chi connectivity index (χ3n) is 2.25. The highest BCUT2D eigenvalue weighted by Gasteiger charge is 2.12. The lowest BCUT2D eigenvalue weighted by molar-refractivity contribution is 0.0692. The topological polar surface area (TPSA) is 50.2 Å². The summed E-state index contributed by atoms with van der Waals surface area (Å²) >= 11 is 2.84. The van der Waals surface area contributed by atoms with Gasteiger partial charge in [-0.2, -0.15) is 0 Å². The number of aromatic nitrogens is 1. The Balaban J connectivity index is 2.35. The zero-order valence-corrected chi connectivity index (χ0v) is 11.3.